The van der Waals surface area contributed by atoms with E-state index in [-0.39, 0.29) is 24.1 Å². The molecule has 3 atom stereocenters. The van der Waals surface area contributed by atoms with Gasteiger partial charge in [0.05, 0.1) is 0 Å². The van der Waals surface area contributed by atoms with Gasteiger partial charge in [0, 0.05) is 39.0 Å². The highest BCUT2D eigenvalue weighted by atomic mass is 19.1. The Labute approximate surface area is 119 Å². The second-order valence-electron chi connectivity index (χ2n) is 5.17. The van der Waals surface area contributed by atoms with Crippen molar-refractivity contribution in [2.45, 2.75) is 25.2 Å². The molecule has 1 heterocycles. The van der Waals surface area contributed by atoms with Gasteiger partial charge < -0.3 is 19.7 Å². The highest BCUT2D eigenvalue weighted by Gasteiger charge is 2.34. The molecule has 20 heavy (non-hydrogen) atoms. The third-order valence-electron chi connectivity index (χ3n) is 4.05. The summed E-state index contributed by atoms with van der Waals surface area (Å²) in [6.45, 7) is 3.53. The van der Waals surface area contributed by atoms with Crippen LogP contribution in [0.3, 0.4) is 0 Å². The van der Waals surface area contributed by atoms with Crippen LogP contribution in [0.25, 0.3) is 0 Å². The maximum Gasteiger partial charge on any atom is 0.123 e. The molecular weight excluding hydrogens is 259 g/mol. The number of methoxy groups -OCH3 is 2. The van der Waals surface area contributed by atoms with Gasteiger partial charge in [0.1, 0.15) is 18.0 Å². The van der Waals surface area contributed by atoms with Gasteiger partial charge in [-0.2, -0.15) is 0 Å². The summed E-state index contributed by atoms with van der Waals surface area (Å²) >= 11 is 0. The Balaban J connectivity index is 2.29. The van der Waals surface area contributed by atoms with Crippen LogP contribution in [0.5, 0.6) is 0 Å². The zero-order chi connectivity index (χ0) is 14.7. The predicted molar refractivity (Wildman–Crippen MR) is 77.7 cm³/mol. The highest BCUT2D eigenvalue weighted by molar-refractivity contribution is 5.56. The Bertz CT molecular complexity index is 443. The molecule has 0 saturated carbocycles. The Hall–Kier alpha value is -1.17. The van der Waals surface area contributed by atoms with Crippen molar-refractivity contribution in [1.82, 2.24) is 5.32 Å². The number of nitrogens with zero attached hydrogens (tertiary/aromatic N) is 1. The van der Waals surface area contributed by atoms with Gasteiger partial charge in [0.25, 0.3) is 0 Å². The van der Waals surface area contributed by atoms with Crippen LogP contribution in [-0.2, 0) is 9.47 Å². The van der Waals surface area contributed by atoms with Gasteiger partial charge in [0.2, 0.25) is 0 Å². The first kappa shape index (κ1) is 15.2. The van der Waals surface area contributed by atoms with Crippen molar-refractivity contribution < 1.29 is 13.9 Å². The third kappa shape index (κ3) is 2.95. The quantitative estimate of drug-likeness (QED) is 0.895. The molecule has 0 aromatic heterocycles. The van der Waals surface area contributed by atoms with Crippen LogP contribution in [0.15, 0.2) is 18.2 Å². The van der Waals surface area contributed by atoms with Crippen molar-refractivity contribution in [2.75, 3.05) is 39.3 Å². The summed E-state index contributed by atoms with van der Waals surface area (Å²) in [6.07, 6.45) is 0.0885. The standard InChI is InChI=1S/C15H23FN2O2/c1-10(17-2)12-7-11(16)5-6-13(12)18-8-14(19-3)15(9-18)20-4/h5-7,10,14-15,17H,8-9H2,1-4H3. The van der Waals surface area contributed by atoms with Gasteiger partial charge >= 0.3 is 0 Å². The Kier molecular flexibility index (Phi) is 4.96. The maximum absolute atomic E-state index is 13.5. The smallest absolute Gasteiger partial charge is 0.123 e. The second kappa shape index (κ2) is 6.52. The van der Waals surface area contributed by atoms with E-state index in [9.17, 15) is 4.39 Å². The first-order valence-electron chi connectivity index (χ1n) is 6.88. The molecule has 0 spiro atoms. The number of hydrogen-bond acceptors (Lipinski definition) is 4. The zero-order valence-electron chi connectivity index (χ0n) is 12.5. The maximum atomic E-state index is 13.5. The lowest BCUT2D eigenvalue weighted by molar-refractivity contribution is -0.00461. The van der Waals surface area contributed by atoms with E-state index in [1.807, 2.05) is 20.0 Å². The van der Waals surface area contributed by atoms with E-state index >= 15 is 0 Å². The summed E-state index contributed by atoms with van der Waals surface area (Å²) in [5.41, 5.74) is 1.99. The molecule has 1 fully saturated rings. The van der Waals surface area contributed by atoms with Crippen molar-refractivity contribution >= 4 is 5.69 Å². The van der Waals surface area contributed by atoms with Crippen LogP contribution in [0.2, 0.25) is 0 Å². The molecule has 0 amide bonds. The number of halogens is 1. The summed E-state index contributed by atoms with van der Waals surface area (Å²) in [4.78, 5) is 2.20. The van der Waals surface area contributed by atoms with E-state index in [4.69, 9.17) is 9.47 Å². The van der Waals surface area contributed by atoms with Crippen LogP contribution in [0.4, 0.5) is 10.1 Å². The minimum Gasteiger partial charge on any atom is -0.377 e. The summed E-state index contributed by atoms with van der Waals surface area (Å²) in [6, 6.07) is 5.02. The van der Waals surface area contributed by atoms with Crippen LogP contribution in [-0.4, -0.2) is 46.6 Å². The largest absolute Gasteiger partial charge is 0.377 e. The fourth-order valence-corrected chi connectivity index (χ4v) is 2.71. The van der Waals surface area contributed by atoms with Gasteiger partial charge in [0.15, 0.2) is 0 Å². The van der Waals surface area contributed by atoms with Gasteiger partial charge in [-0.05, 0) is 37.7 Å². The van der Waals surface area contributed by atoms with Crippen molar-refractivity contribution in [3.63, 3.8) is 0 Å². The molecule has 4 nitrogen and oxygen atoms in total. The molecule has 2 rings (SSSR count). The van der Waals surface area contributed by atoms with E-state index in [0.29, 0.717) is 0 Å². The number of benzene rings is 1. The SMILES string of the molecule is CNC(C)c1cc(F)ccc1N1CC(OC)C(OC)C1. The van der Waals surface area contributed by atoms with Gasteiger partial charge in [-0.15, -0.1) is 0 Å². The zero-order valence-corrected chi connectivity index (χ0v) is 12.5. The highest BCUT2D eigenvalue weighted by Crippen LogP contribution is 2.31. The van der Waals surface area contributed by atoms with Crippen LogP contribution < -0.4 is 10.2 Å². The minimum atomic E-state index is -0.211. The predicted octanol–water partition coefficient (Wildman–Crippen LogP) is 1.96. The molecule has 1 aromatic rings. The summed E-state index contributed by atoms with van der Waals surface area (Å²) in [5, 5.41) is 3.17. The topological polar surface area (TPSA) is 33.7 Å². The third-order valence-corrected chi connectivity index (χ3v) is 4.05. The van der Waals surface area contributed by atoms with E-state index in [1.165, 1.54) is 6.07 Å². The monoisotopic (exact) mass is 282 g/mol. The summed E-state index contributed by atoms with van der Waals surface area (Å²) in [5.74, 6) is -0.211. The normalized spacial score (nSPS) is 24.1. The summed E-state index contributed by atoms with van der Waals surface area (Å²) < 4.78 is 24.4. The number of nitrogens with one attached hydrogen (secondary N) is 1. The van der Waals surface area contributed by atoms with Gasteiger partial charge in [-0.25, -0.2) is 4.39 Å². The molecule has 0 radical (unpaired) electrons. The van der Waals surface area contributed by atoms with Crippen molar-refractivity contribution in [1.29, 1.82) is 0 Å². The lowest BCUT2D eigenvalue weighted by Gasteiger charge is -2.24. The average molecular weight is 282 g/mol. The lowest BCUT2D eigenvalue weighted by Crippen LogP contribution is -2.27. The lowest BCUT2D eigenvalue weighted by atomic mass is 10.1. The number of rotatable bonds is 5. The molecule has 1 aromatic carbocycles. The van der Waals surface area contributed by atoms with Crippen molar-refractivity contribution in [3.05, 3.63) is 29.6 Å². The number of ether oxygens (including phenoxy) is 2. The van der Waals surface area contributed by atoms with Crippen LogP contribution in [0.1, 0.15) is 18.5 Å². The Morgan fingerprint density at radius 3 is 2.35 bits per heavy atom. The van der Waals surface area contributed by atoms with Crippen molar-refractivity contribution in [3.8, 4) is 0 Å². The molecule has 112 valence electrons. The van der Waals surface area contributed by atoms with E-state index in [2.05, 4.69) is 10.2 Å². The first-order valence-corrected chi connectivity index (χ1v) is 6.88. The fraction of sp³-hybridized carbons (Fsp3) is 0.600. The molecule has 5 heteroatoms. The molecule has 1 aliphatic rings. The van der Waals surface area contributed by atoms with Crippen LogP contribution >= 0.6 is 0 Å². The van der Waals surface area contributed by atoms with E-state index in [1.54, 1.807) is 20.3 Å². The molecular formula is C15H23FN2O2. The van der Waals surface area contributed by atoms with Crippen LogP contribution in [0, 0.1) is 5.82 Å². The van der Waals surface area contributed by atoms with Crippen molar-refractivity contribution in [2.24, 2.45) is 0 Å². The molecule has 3 unspecified atom stereocenters. The molecule has 1 N–H and O–H groups in total. The number of hydrogen-bond donors (Lipinski definition) is 1. The van der Waals surface area contributed by atoms with E-state index < -0.39 is 0 Å². The van der Waals surface area contributed by atoms with Gasteiger partial charge in [-0.1, -0.05) is 0 Å². The molecule has 1 aliphatic heterocycles. The average Bonchev–Trinajstić information content (AvgIpc) is 2.89. The Morgan fingerprint density at radius 2 is 1.85 bits per heavy atom. The molecule has 0 bridgehead atoms. The molecule has 0 aliphatic carbocycles. The summed E-state index contributed by atoms with van der Waals surface area (Å²) in [7, 11) is 5.27. The Morgan fingerprint density at radius 1 is 1.25 bits per heavy atom. The fourth-order valence-electron chi connectivity index (χ4n) is 2.71. The first-order chi connectivity index (χ1) is 9.60. The minimum absolute atomic E-state index is 0.0443. The molecule has 1 saturated heterocycles. The van der Waals surface area contributed by atoms with Gasteiger partial charge in [-0.3, -0.25) is 0 Å². The number of anilines is 1. The second-order valence-corrected chi connectivity index (χ2v) is 5.17. The van der Waals surface area contributed by atoms with E-state index in [0.717, 1.165) is 24.3 Å².